The summed E-state index contributed by atoms with van der Waals surface area (Å²) in [6, 6.07) is 15.5. The lowest BCUT2D eigenvalue weighted by molar-refractivity contribution is 0.0936. The third-order valence-electron chi connectivity index (χ3n) is 3.98. The standard InChI is InChI=1S/C20H21F2NOS/c1-3-16(23-20(24)15-7-5-4-6-8-15)13-18(19(21)22)14-9-11-17(25-2)12-10-14/h4-12,16H,3,13H2,1-2H3,(H,23,24). The van der Waals surface area contributed by atoms with Crippen LogP contribution in [0.15, 0.2) is 65.6 Å². The van der Waals surface area contributed by atoms with E-state index < -0.39 is 6.08 Å². The van der Waals surface area contributed by atoms with E-state index in [1.54, 1.807) is 48.2 Å². The molecule has 0 aliphatic heterocycles. The zero-order chi connectivity index (χ0) is 18.2. The van der Waals surface area contributed by atoms with Crippen LogP contribution in [0.5, 0.6) is 0 Å². The summed E-state index contributed by atoms with van der Waals surface area (Å²) < 4.78 is 27.0. The Bertz CT molecular complexity index is 725. The molecule has 2 aromatic carbocycles. The van der Waals surface area contributed by atoms with Crippen molar-refractivity contribution in [1.82, 2.24) is 5.32 Å². The Hall–Kier alpha value is -2.14. The molecule has 1 amide bonds. The first-order valence-corrected chi connectivity index (χ1v) is 9.32. The lowest BCUT2D eigenvalue weighted by Gasteiger charge is -2.19. The van der Waals surface area contributed by atoms with Gasteiger partial charge < -0.3 is 5.32 Å². The van der Waals surface area contributed by atoms with Gasteiger partial charge in [0, 0.05) is 22.1 Å². The Balaban J connectivity index is 2.13. The van der Waals surface area contributed by atoms with Crippen molar-refractivity contribution in [3.63, 3.8) is 0 Å². The first-order valence-electron chi connectivity index (χ1n) is 8.09. The summed E-state index contributed by atoms with van der Waals surface area (Å²) in [5.74, 6) is -0.246. The molecule has 0 saturated heterocycles. The Kier molecular flexibility index (Phi) is 7.19. The summed E-state index contributed by atoms with van der Waals surface area (Å²) in [5, 5.41) is 2.85. The largest absolute Gasteiger partial charge is 0.349 e. The van der Waals surface area contributed by atoms with Gasteiger partial charge >= 0.3 is 0 Å². The van der Waals surface area contributed by atoms with Gasteiger partial charge in [0.2, 0.25) is 0 Å². The molecule has 5 heteroatoms. The molecule has 2 rings (SSSR count). The summed E-state index contributed by atoms with van der Waals surface area (Å²) in [5.41, 5.74) is 0.995. The number of nitrogens with one attached hydrogen (secondary N) is 1. The van der Waals surface area contributed by atoms with E-state index in [9.17, 15) is 13.6 Å². The maximum Gasteiger partial charge on any atom is 0.274 e. The minimum absolute atomic E-state index is 0.0205. The monoisotopic (exact) mass is 361 g/mol. The first kappa shape index (κ1) is 19.2. The second kappa shape index (κ2) is 9.37. The van der Waals surface area contributed by atoms with Gasteiger partial charge in [0.1, 0.15) is 0 Å². The molecule has 0 aromatic heterocycles. The fourth-order valence-corrected chi connectivity index (χ4v) is 2.91. The lowest BCUT2D eigenvalue weighted by Crippen LogP contribution is -2.34. The molecule has 0 saturated carbocycles. The van der Waals surface area contributed by atoms with Crippen molar-refractivity contribution in [1.29, 1.82) is 0 Å². The minimum atomic E-state index is -1.70. The van der Waals surface area contributed by atoms with E-state index in [0.29, 0.717) is 17.5 Å². The molecule has 1 atom stereocenters. The van der Waals surface area contributed by atoms with Gasteiger partial charge in [0.15, 0.2) is 0 Å². The fraction of sp³-hybridized carbons (Fsp3) is 0.250. The van der Waals surface area contributed by atoms with Gasteiger partial charge in [-0.2, -0.15) is 8.78 Å². The van der Waals surface area contributed by atoms with Gasteiger partial charge in [0.05, 0.1) is 0 Å². The zero-order valence-electron chi connectivity index (χ0n) is 14.3. The Morgan fingerprint density at radius 2 is 1.68 bits per heavy atom. The third-order valence-corrected chi connectivity index (χ3v) is 4.72. The fourth-order valence-electron chi connectivity index (χ4n) is 2.50. The number of halogens is 2. The molecule has 1 N–H and O–H groups in total. The van der Waals surface area contributed by atoms with Crippen LogP contribution in [0.25, 0.3) is 5.57 Å². The van der Waals surface area contributed by atoms with E-state index in [2.05, 4.69) is 5.32 Å². The Labute approximate surface area is 151 Å². The molecule has 0 radical (unpaired) electrons. The SMILES string of the molecule is CCC(CC(=C(F)F)c1ccc(SC)cc1)NC(=O)c1ccccc1. The molecular weight excluding hydrogens is 340 g/mol. The van der Waals surface area contributed by atoms with E-state index in [4.69, 9.17) is 0 Å². The highest BCUT2D eigenvalue weighted by atomic mass is 32.2. The second-order valence-corrected chi connectivity index (χ2v) is 6.50. The van der Waals surface area contributed by atoms with Crippen molar-refractivity contribution in [3.05, 3.63) is 71.8 Å². The van der Waals surface area contributed by atoms with Crippen LogP contribution < -0.4 is 5.32 Å². The van der Waals surface area contributed by atoms with E-state index in [1.807, 2.05) is 31.4 Å². The van der Waals surface area contributed by atoms with Crippen molar-refractivity contribution < 1.29 is 13.6 Å². The second-order valence-electron chi connectivity index (χ2n) is 5.62. The van der Waals surface area contributed by atoms with Crippen LogP contribution in [-0.4, -0.2) is 18.2 Å². The number of hydrogen-bond acceptors (Lipinski definition) is 2. The molecule has 0 fully saturated rings. The molecule has 2 aromatic rings. The highest BCUT2D eigenvalue weighted by Crippen LogP contribution is 2.28. The first-order chi connectivity index (χ1) is 12.0. The minimum Gasteiger partial charge on any atom is -0.349 e. The zero-order valence-corrected chi connectivity index (χ0v) is 15.1. The van der Waals surface area contributed by atoms with E-state index in [1.165, 1.54) is 0 Å². The number of benzene rings is 2. The third kappa shape index (κ3) is 5.43. The quantitative estimate of drug-likeness (QED) is 0.649. The van der Waals surface area contributed by atoms with Crippen molar-refractivity contribution in [2.75, 3.05) is 6.26 Å². The summed E-state index contributed by atoms with van der Waals surface area (Å²) in [6.07, 6.45) is 0.895. The molecule has 0 bridgehead atoms. The van der Waals surface area contributed by atoms with E-state index in [-0.39, 0.29) is 23.9 Å². The van der Waals surface area contributed by atoms with Crippen molar-refractivity contribution >= 4 is 23.2 Å². The molecule has 0 heterocycles. The normalized spacial score (nSPS) is 11.7. The highest BCUT2D eigenvalue weighted by Gasteiger charge is 2.18. The van der Waals surface area contributed by atoms with Gasteiger partial charge in [-0.25, -0.2) is 0 Å². The molecule has 0 aliphatic carbocycles. The van der Waals surface area contributed by atoms with Gasteiger partial charge in [-0.1, -0.05) is 37.3 Å². The van der Waals surface area contributed by atoms with Crippen LogP contribution in [0.3, 0.4) is 0 Å². The molecule has 1 unspecified atom stereocenters. The van der Waals surface area contributed by atoms with E-state index in [0.717, 1.165) is 4.90 Å². The lowest BCUT2D eigenvalue weighted by atomic mass is 9.98. The summed E-state index contributed by atoms with van der Waals surface area (Å²) >= 11 is 1.56. The van der Waals surface area contributed by atoms with Gasteiger partial charge in [-0.3, -0.25) is 4.79 Å². The summed E-state index contributed by atoms with van der Waals surface area (Å²) in [4.78, 5) is 13.3. The van der Waals surface area contributed by atoms with Crippen LogP contribution in [0.2, 0.25) is 0 Å². The molecule has 132 valence electrons. The molecular formula is C20H21F2NOS. The highest BCUT2D eigenvalue weighted by molar-refractivity contribution is 7.98. The van der Waals surface area contributed by atoms with Gasteiger partial charge in [-0.05, 0) is 48.9 Å². The van der Waals surface area contributed by atoms with Crippen molar-refractivity contribution in [2.24, 2.45) is 0 Å². The number of carbonyl (C=O) groups is 1. The molecule has 25 heavy (non-hydrogen) atoms. The Morgan fingerprint density at radius 3 is 2.20 bits per heavy atom. The average Bonchev–Trinajstić information content (AvgIpc) is 2.65. The van der Waals surface area contributed by atoms with Crippen LogP contribution in [0.4, 0.5) is 8.78 Å². The summed E-state index contributed by atoms with van der Waals surface area (Å²) in [6.45, 7) is 1.88. The molecule has 0 aliphatic rings. The van der Waals surface area contributed by atoms with E-state index >= 15 is 0 Å². The van der Waals surface area contributed by atoms with Crippen LogP contribution in [0.1, 0.15) is 35.7 Å². The number of amides is 1. The predicted molar refractivity (Wildman–Crippen MR) is 100.0 cm³/mol. The number of carbonyl (C=O) groups excluding carboxylic acids is 1. The van der Waals surface area contributed by atoms with Crippen molar-refractivity contribution in [3.8, 4) is 0 Å². The summed E-state index contributed by atoms with van der Waals surface area (Å²) in [7, 11) is 0. The maximum absolute atomic E-state index is 13.5. The van der Waals surface area contributed by atoms with Gasteiger partial charge in [0.25, 0.3) is 12.0 Å². The van der Waals surface area contributed by atoms with Crippen LogP contribution >= 0.6 is 11.8 Å². The molecule has 2 nitrogen and oxygen atoms in total. The van der Waals surface area contributed by atoms with Gasteiger partial charge in [-0.15, -0.1) is 11.8 Å². The maximum atomic E-state index is 13.5. The smallest absolute Gasteiger partial charge is 0.274 e. The van der Waals surface area contributed by atoms with Crippen LogP contribution in [0, 0.1) is 0 Å². The van der Waals surface area contributed by atoms with Crippen LogP contribution in [-0.2, 0) is 0 Å². The Morgan fingerprint density at radius 1 is 1.04 bits per heavy atom. The van der Waals surface area contributed by atoms with Crippen molar-refractivity contribution in [2.45, 2.75) is 30.7 Å². The predicted octanol–water partition coefficient (Wildman–Crippen LogP) is 5.61. The number of hydrogen-bond donors (Lipinski definition) is 1. The molecule has 0 spiro atoms. The number of rotatable bonds is 7. The number of thioether (sulfide) groups is 1. The topological polar surface area (TPSA) is 29.1 Å². The average molecular weight is 361 g/mol.